The van der Waals surface area contributed by atoms with Crippen molar-refractivity contribution in [2.75, 3.05) is 0 Å². The van der Waals surface area contributed by atoms with Crippen LogP contribution in [0.2, 0.25) is 0 Å². The van der Waals surface area contributed by atoms with Crippen molar-refractivity contribution >= 4 is 0 Å². The number of fused-ring (bicyclic) bond motifs is 3. The first kappa shape index (κ1) is 7.66. The molecule has 1 unspecified atom stereocenters. The number of rotatable bonds is 0. The Morgan fingerprint density at radius 2 is 1.80 bits per heavy atom. The number of ether oxygens (including phenoxy) is 1. The van der Waals surface area contributed by atoms with E-state index in [0.717, 1.165) is 6.61 Å². The molecule has 1 atom stereocenters. The van der Waals surface area contributed by atoms with Gasteiger partial charge in [-0.05, 0) is 27.8 Å². The summed E-state index contributed by atoms with van der Waals surface area (Å²) in [6.07, 6.45) is 0.201. The van der Waals surface area contributed by atoms with Gasteiger partial charge >= 0.3 is 0 Å². The minimum absolute atomic E-state index is 0.201. The monoisotopic (exact) mass is 194 g/mol. The van der Waals surface area contributed by atoms with Gasteiger partial charge in [-0.3, -0.25) is 0 Å². The molecule has 0 spiro atoms. The summed E-state index contributed by atoms with van der Waals surface area (Å²) < 4.78 is 5.85. The Hall–Kier alpha value is -1.60. The third-order valence-electron chi connectivity index (χ3n) is 3.40. The third-order valence-corrected chi connectivity index (χ3v) is 3.40. The molecule has 0 radical (unpaired) electrons. The van der Waals surface area contributed by atoms with Crippen molar-refractivity contribution in [2.24, 2.45) is 0 Å². The topological polar surface area (TPSA) is 9.23 Å². The van der Waals surface area contributed by atoms with Crippen LogP contribution in [0.5, 0.6) is 0 Å². The van der Waals surface area contributed by atoms with Gasteiger partial charge in [0.15, 0.2) is 0 Å². The molecule has 1 heterocycles. The summed E-state index contributed by atoms with van der Waals surface area (Å²) in [4.78, 5) is 0. The van der Waals surface area contributed by atoms with Gasteiger partial charge in [-0.15, -0.1) is 0 Å². The van der Waals surface area contributed by atoms with E-state index in [1.54, 1.807) is 0 Å². The van der Waals surface area contributed by atoms with Crippen LogP contribution in [-0.2, 0) is 11.3 Å². The maximum absolute atomic E-state index is 5.85. The lowest BCUT2D eigenvalue weighted by Crippen LogP contribution is -1.92. The highest BCUT2D eigenvalue weighted by atomic mass is 16.5. The van der Waals surface area contributed by atoms with Gasteiger partial charge in [0, 0.05) is 0 Å². The summed E-state index contributed by atoms with van der Waals surface area (Å²) in [5, 5.41) is 0. The van der Waals surface area contributed by atoms with Gasteiger partial charge < -0.3 is 4.74 Å². The van der Waals surface area contributed by atoms with Crippen LogP contribution in [0.1, 0.15) is 22.8 Å². The fraction of sp³-hybridized carbons (Fsp3) is 0.143. The zero-order chi connectivity index (χ0) is 9.83. The molecule has 0 fully saturated rings. The fourth-order valence-corrected chi connectivity index (χ4v) is 2.76. The molecular weight excluding hydrogens is 184 g/mol. The van der Waals surface area contributed by atoms with Crippen LogP contribution in [0.4, 0.5) is 0 Å². The van der Waals surface area contributed by atoms with Gasteiger partial charge in [-0.2, -0.15) is 0 Å². The van der Waals surface area contributed by atoms with Crippen LogP contribution in [0.15, 0.2) is 42.5 Å². The molecule has 0 amide bonds. The summed E-state index contributed by atoms with van der Waals surface area (Å²) >= 11 is 0. The Morgan fingerprint density at radius 3 is 2.80 bits per heavy atom. The predicted octanol–water partition coefficient (Wildman–Crippen LogP) is 3.29. The molecule has 1 aliphatic heterocycles. The minimum atomic E-state index is 0.201. The van der Waals surface area contributed by atoms with E-state index in [9.17, 15) is 0 Å². The highest BCUT2D eigenvalue weighted by Crippen LogP contribution is 2.50. The van der Waals surface area contributed by atoms with Crippen molar-refractivity contribution in [1.29, 1.82) is 0 Å². The second kappa shape index (κ2) is 2.50. The summed E-state index contributed by atoms with van der Waals surface area (Å²) in [7, 11) is 0. The van der Waals surface area contributed by atoms with Crippen molar-refractivity contribution in [2.45, 2.75) is 12.7 Å². The first-order valence-electron chi connectivity index (χ1n) is 5.28. The standard InChI is InChI=1S/C14H10O/c1-2-6-12-10(5-1)11-7-3-4-9-8-15-14(12)13(9)11/h1-7,14H,8H2. The molecule has 1 heteroatoms. The maximum Gasteiger partial charge on any atom is 0.110 e. The number of benzene rings is 2. The third kappa shape index (κ3) is 0.822. The van der Waals surface area contributed by atoms with Crippen molar-refractivity contribution in [3.8, 4) is 11.1 Å². The van der Waals surface area contributed by atoms with Crippen LogP contribution in [0.25, 0.3) is 11.1 Å². The number of hydrogen-bond donors (Lipinski definition) is 0. The molecule has 72 valence electrons. The molecule has 0 saturated carbocycles. The van der Waals surface area contributed by atoms with Gasteiger partial charge in [-0.25, -0.2) is 0 Å². The Bertz CT molecular complexity index is 557. The second-order valence-corrected chi connectivity index (χ2v) is 4.16. The van der Waals surface area contributed by atoms with Crippen molar-refractivity contribution in [3.05, 3.63) is 59.2 Å². The van der Waals surface area contributed by atoms with E-state index in [0.29, 0.717) is 0 Å². The van der Waals surface area contributed by atoms with Crippen molar-refractivity contribution < 1.29 is 4.74 Å². The molecule has 2 aliphatic rings. The van der Waals surface area contributed by atoms with Crippen molar-refractivity contribution in [3.63, 3.8) is 0 Å². The molecule has 0 saturated heterocycles. The zero-order valence-electron chi connectivity index (χ0n) is 8.23. The zero-order valence-corrected chi connectivity index (χ0v) is 8.23. The molecule has 1 aliphatic carbocycles. The van der Waals surface area contributed by atoms with E-state index in [1.807, 2.05) is 0 Å². The lowest BCUT2D eigenvalue weighted by atomic mass is 10.0. The van der Waals surface area contributed by atoms with Crippen LogP contribution < -0.4 is 0 Å². The first-order valence-corrected chi connectivity index (χ1v) is 5.28. The average molecular weight is 194 g/mol. The molecular formula is C14H10O. The van der Waals surface area contributed by atoms with Gasteiger partial charge in [-0.1, -0.05) is 42.5 Å². The Balaban J connectivity index is 2.14. The summed E-state index contributed by atoms with van der Waals surface area (Å²) in [5.41, 5.74) is 6.80. The maximum atomic E-state index is 5.85. The van der Waals surface area contributed by atoms with Gasteiger partial charge in [0.2, 0.25) is 0 Å². The van der Waals surface area contributed by atoms with E-state index in [1.165, 1.54) is 27.8 Å². The smallest absolute Gasteiger partial charge is 0.110 e. The average Bonchev–Trinajstić information content (AvgIpc) is 2.85. The normalized spacial score (nSPS) is 20.1. The Morgan fingerprint density at radius 1 is 0.933 bits per heavy atom. The predicted molar refractivity (Wildman–Crippen MR) is 58.5 cm³/mol. The van der Waals surface area contributed by atoms with Gasteiger partial charge in [0.1, 0.15) is 6.10 Å². The molecule has 1 nitrogen and oxygen atoms in total. The summed E-state index contributed by atoms with van der Waals surface area (Å²) in [6.45, 7) is 0.766. The molecule has 2 aromatic rings. The first-order chi connectivity index (χ1) is 7.45. The highest BCUT2D eigenvalue weighted by molar-refractivity contribution is 5.79. The number of hydrogen-bond acceptors (Lipinski definition) is 1. The van der Waals surface area contributed by atoms with Gasteiger partial charge in [0.05, 0.1) is 6.61 Å². The van der Waals surface area contributed by atoms with E-state index < -0.39 is 0 Å². The van der Waals surface area contributed by atoms with Crippen LogP contribution >= 0.6 is 0 Å². The minimum Gasteiger partial charge on any atom is -0.364 e. The van der Waals surface area contributed by atoms with Gasteiger partial charge in [0.25, 0.3) is 0 Å². The Labute approximate surface area is 88.3 Å². The second-order valence-electron chi connectivity index (χ2n) is 4.16. The fourth-order valence-electron chi connectivity index (χ4n) is 2.76. The lowest BCUT2D eigenvalue weighted by molar-refractivity contribution is 0.0962. The van der Waals surface area contributed by atoms with Crippen LogP contribution in [0, 0.1) is 0 Å². The SMILES string of the molecule is c1ccc2c(c1)-c1cccc3c1C2OC3. The summed E-state index contributed by atoms with van der Waals surface area (Å²) in [5.74, 6) is 0. The molecule has 0 bridgehead atoms. The Kier molecular flexibility index (Phi) is 1.28. The molecule has 2 aromatic carbocycles. The largest absolute Gasteiger partial charge is 0.364 e. The lowest BCUT2D eigenvalue weighted by Gasteiger charge is -2.06. The quantitative estimate of drug-likeness (QED) is 0.625. The van der Waals surface area contributed by atoms with Crippen LogP contribution in [0.3, 0.4) is 0 Å². The van der Waals surface area contributed by atoms with E-state index in [2.05, 4.69) is 42.5 Å². The summed E-state index contributed by atoms with van der Waals surface area (Å²) in [6, 6.07) is 15.0. The van der Waals surface area contributed by atoms with Crippen molar-refractivity contribution in [1.82, 2.24) is 0 Å². The van der Waals surface area contributed by atoms with E-state index in [4.69, 9.17) is 4.74 Å². The molecule has 0 N–H and O–H groups in total. The molecule has 15 heavy (non-hydrogen) atoms. The highest BCUT2D eigenvalue weighted by Gasteiger charge is 2.34. The van der Waals surface area contributed by atoms with E-state index in [-0.39, 0.29) is 6.10 Å². The molecule has 0 aromatic heterocycles. The van der Waals surface area contributed by atoms with Crippen LogP contribution in [-0.4, -0.2) is 0 Å². The van der Waals surface area contributed by atoms with E-state index >= 15 is 0 Å². The molecule has 4 rings (SSSR count).